The van der Waals surface area contributed by atoms with Crippen molar-refractivity contribution in [1.29, 1.82) is 0 Å². The predicted molar refractivity (Wildman–Crippen MR) is 113 cm³/mol. The molecule has 0 aliphatic carbocycles. The van der Waals surface area contributed by atoms with E-state index in [0.29, 0.717) is 16.4 Å². The van der Waals surface area contributed by atoms with Gasteiger partial charge in [-0.3, -0.25) is 14.6 Å². The number of para-hydroxylation sites is 1. The maximum Gasteiger partial charge on any atom is 0.259 e. The van der Waals surface area contributed by atoms with E-state index in [1.54, 1.807) is 29.3 Å². The van der Waals surface area contributed by atoms with E-state index < -0.39 is 12.0 Å². The maximum atomic E-state index is 13.4. The molecule has 2 atom stereocenters. The average Bonchev–Trinajstić information content (AvgIpc) is 3.27. The molecule has 0 unspecified atom stereocenters. The van der Waals surface area contributed by atoms with Crippen molar-refractivity contribution < 1.29 is 9.59 Å². The van der Waals surface area contributed by atoms with E-state index in [9.17, 15) is 9.59 Å². The molecule has 29 heavy (non-hydrogen) atoms. The Morgan fingerprint density at radius 1 is 0.724 bits per heavy atom. The molecule has 5 rings (SSSR count). The molecule has 1 saturated heterocycles. The number of anilines is 2. The molecule has 2 aliphatic rings. The average molecular weight is 402 g/mol. The number of carbonyl (C=O) groups excluding carboxylic acids is 2. The first-order chi connectivity index (χ1) is 14.1. The van der Waals surface area contributed by atoms with Crippen LogP contribution in [0.15, 0.2) is 90.0 Å². The van der Waals surface area contributed by atoms with E-state index >= 15 is 0 Å². The molecule has 0 saturated carbocycles. The number of carbonyl (C=O) groups is 2. The Kier molecular flexibility index (Phi) is 4.18. The number of hydrogen-bond donors (Lipinski definition) is 0. The van der Waals surface area contributed by atoms with Crippen LogP contribution in [0.2, 0.25) is 5.02 Å². The summed E-state index contributed by atoms with van der Waals surface area (Å²) in [5.41, 5.74) is 2.72. The number of rotatable bonds is 3. The van der Waals surface area contributed by atoms with Crippen molar-refractivity contribution in [2.45, 2.75) is 6.04 Å². The molecule has 5 nitrogen and oxygen atoms in total. The van der Waals surface area contributed by atoms with E-state index in [-0.39, 0.29) is 11.8 Å². The smallest absolute Gasteiger partial charge is 0.259 e. The van der Waals surface area contributed by atoms with Crippen molar-refractivity contribution in [2.24, 2.45) is 11.0 Å². The van der Waals surface area contributed by atoms with E-state index in [0.717, 1.165) is 11.3 Å². The molecule has 0 N–H and O–H groups in total. The van der Waals surface area contributed by atoms with Crippen molar-refractivity contribution in [3.8, 4) is 0 Å². The van der Waals surface area contributed by atoms with Gasteiger partial charge in [-0.25, -0.2) is 4.90 Å². The SMILES string of the molecule is O=C1[C@@H]2C(c3ccccc3)=NN(c3ccccc3)[C@@H]2C(=O)N1c1ccc(Cl)cc1. The highest BCUT2D eigenvalue weighted by molar-refractivity contribution is 6.34. The summed E-state index contributed by atoms with van der Waals surface area (Å²) in [5, 5.41) is 6.93. The second-order valence-corrected chi connectivity index (χ2v) is 7.38. The molecule has 2 heterocycles. The normalized spacial score (nSPS) is 20.8. The fourth-order valence-electron chi connectivity index (χ4n) is 3.90. The molecule has 0 aromatic heterocycles. The van der Waals surface area contributed by atoms with Crippen LogP contribution in [0.1, 0.15) is 5.56 Å². The van der Waals surface area contributed by atoms with Crippen molar-refractivity contribution in [3.05, 3.63) is 95.5 Å². The van der Waals surface area contributed by atoms with Gasteiger partial charge in [0.25, 0.3) is 5.91 Å². The fraction of sp³-hybridized carbons (Fsp3) is 0.0870. The van der Waals surface area contributed by atoms with Crippen LogP contribution in [-0.4, -0.2) is 23.6 Å². The summed E-state index contributed by atoms with van der Waals surface area (Å²) < 4.78 is 0. The number of hydrogen-bond acceptors (Lipinski definition) is 4. The molecule has 142 valence electrons. The van der Waals surface area contributed by atoms with Crippen LogP contribution in [0.3, 0.4) is 0 Å². The lowest BCUT2D eigenvalue weighted by Crippen LogP contribution is -2.39. The zero-order valence-electron chi connectivity index (χ0n) is 15.3. The molecule has 6 heteroatoms. The highest BCUT2D eigenvalue weighted by Crippen LogP contribution is 2.39. The van der Waals surface area contributed by atoms with Gasteiger partial charge in [-0.2, -0.15) is 5.10 Å². The third-order valence-electron chi connectivity index (χ3n) is 5.22. The second kappa shape index (κ2) is 6.87. The minimum Gasteiger partial charge on any atom is -0.273 e. The maximum absolute atomic E-state index is 13.4. The van der Waals surface area contributed by atoms with Gasteiger partial charge in [0.05, 0.1) is 17.1 Å². The van der Waals surface area contributed by atoms with Crippen molar-refractivity contribution in [1.82, 2.24) is 0 Å². The lowest BCUT2D eigenvalue weighted by atomic mass is 9.93. The molecule has 0 radical (unpaired) electrons. The van der Waals surface area contributed by atoms with Gasteiger partial charge in [0.2, 0.25) is 5.91 Å². The topological polar surface area (TPSA) is 53.0 Å². The Bertz CT molecular complexity index is 1110. The van der Waals surface area contributed by atoms with Crippen molar-refractivity contribution in [2.75, 3.05) is 9.91 Å². The number of amides is 2. The van der Waals surface area contributed by atoms with Gasteiger partial charge in [0.15, 0.2) is 0 Å². The molecule has 2 aliphatic heterocycles. The first-order valence-corrected chi connectivity index (χ1v) is 9.64. The van der Waals surface area contributed by atoms with Gasteiger partial charge in [0.1, 0.15) is 12.0 Å². The Hall–Kier alpha value is -3.44. The van der Waals surface area contributed by atoms with Gasteiger partial charge in [-0.05, 0) is 42.0 Å². The molecule has 3 aromatic carbocycles. The third kappa shape index (κ3) is 2.82. The van der Waals surface area contributed by atoms with Crippen molar-refractivity contribution in [3.63, 3.8) is 0 Å². The summed E-state index contributed by atoms with van der Waals surface area (Å²) in [4.78, 5) is 28.1. The number of benzene rings is 3. The first-order valence-electron chi connectivity index (χ1n) is 9.27. The Labute approximate surface area is 172 Å². The third-order valence-corrected chi connectivity index (χ3v) is 5.48. The lowest BCUT2D eigenvalue weighted by Gasteiger charge is -2.22. The standard InChI is InChI=1S/C23H16ClN3O2/c24-16-11-13-17(14-12-16)26-22(28)19-20(15-7-3-1-4-8-15)25-27(21(19)23(26)29)18-9-5-2-6-10-18/h1-14,19,21H/t19-,21+/m1/s1. The largest absolute Gasteiger partial charge is 0.273 e. The van der Waals surface area contributed by atoms with Crippen LogP contribution < -0.4 is 9.91 Å². The van der Waals surface area contributed by atoms with E-state index in [1.165, 1.54) is 4.90 Å². The zero-order chi connectivity index (χ0) is 20.0. The molecular weight excluding hydrogens is 386 g/mol. The quantitative estimate of drug-likeness (QED) is 0.620. The van der Waals surface area contributed by atoms with E-state index in [2.05, 4.69) is 0 Å². The summed E-state index contributed by atoms with van der Waals surface area (Å²) in [7, 11) is 0. The molecule has 3 aromatic rings. The van der Waals surface area contributed by atoms with Gasteiger partial charge >= 0.3 is 0 Å². The van der Waals surface area contributed by atoms with Crippen LogP contribution in [-0.2, 0) is 9.59 Å². The monoisotopic (exact) mass is 401 g/mol. The van der Waals surface area contributed by atoms with E-state index in [4.69, 9.17) is 16.7 Å². The summed E-state index contributed by atoms with van der Waals surface area (Å²) >= 11 is 5.98. The summed E-state index contributed by atoms with van der Waals surface area (Å²) in [6.45, 7) is 0. The second-order valence-electron chi connectivity index (χ2n) is 6.94. The zero-order valence-corrected chi connectivity index (χ0v) is 16.0. The number of imide groups is 1. The molecule has 0 bridgehead atoms. The van der Waals surface area contributed by atoms with E-state index in [1.807, 2.05) is 60.7 Å². The molecule has 1 fully saturated rings. The number of hydrazone groups is 1. The van der Waals surface area contributed by atoms with Gasteiger partial charge in [0, 0.05) is 5.02 Å². The minimum atomic E-state index is -0.712. The lowest BCUT2D eigenvalue weighted by molar-refractivity contribution is -0.121. The van der Waals surface area contributed by atoms with Crippen LogP contribution in [0.5, 0.6) is 0 Å². The van der Waals surface area contributed by atoms with Gasteiger partial charge < -0.3 is 0 Å². The number of fused-ring (bicyclic) bond motifs is 1. The summed E-state index contributed by atoms with van der Waals surface area (Å²) in [6.07, 6.45) is 0. The summed E-state index contributed by atoms with van der Waals surface area (Å²) in [5.74, 6) is -1.23. The Morgan fingerprint density at radius 2 is 1.34 bits per heavy atom. The number of nitrogens with zero attached hydrogens (tertiary/aromatic N) is 3. The molecule has 0 spiro atoms. The van der Waals surface area contributed by atoms with Crippen molar-refractivity contribution >= 4 is 40.5 Å². The van der Waals surface area contributed by atoms with Crippen LogP contribution in [0.25, 0.3) is 0 Å². The fourth-order valence-corrected chi connectivity index (χ4v) is 4.03. The Morgan fingerprint density at radius 3 is 2.00 bits per heavy atom. The minimum absolute atomic E-state index is 0.275. The van der Waals surface area contributed by atoms with Gasteiger partial charge in [-0.1, -0.05) is 60.1 Å². The van der Waals surface area contributed by atoms with Crippen LogP contribution in [0, 0.1) is 5.92 Å². The Balaban J connectivity index is 1.63. The highest BCUT2D eigenvalue weighted by atomic mass is 35.5. The van der Waals surface area contributed by atoms with Gasteiger partial charge in [-0.15, -0.1) is 0 Å². The summed E-state index contributed by atoms with van der Waals surface area (Å²) in [6, 6.07) is 25.0. The molecule has 2 amide bonds. The predicted octanol–water partition coefficient (Wildman–Crippen LogP) is 4.12. The van der Waals surface area contributed by atoms with Crippen LogP contribution in [0.4, 0.5) is 11.4 Å². The molecular formula is C23H16ClN3O2. The highest BCUT2D eigenvalue weighted by Gasteiger charge is 2.57. The first kappa shape index (κ1) is 17.6. The number of halogens is 1. The van der Waals surface area contributed by atoms with Crippen LogP contribution >= 0.6 is 11.6 Å².